The average Bonchev–Trinajstić information content (AvgIpc) is 2.28. The molecule has 6 heteroatoms. The summed E-state index contributed by atoms with van der Waals surface area (Å²) in [5.74, 6) is -3.57. The van der Waals surface area contributed by atoms with Crippen molar-refractivity contribution in [2.75, 3.05) is 5.32 Å². The van der Waals surface area contributed by atoms with Crippen LogP contribution in [0.1, 0.15) is 23.7 Å². The maximum atomic E-state index is 11.5. The van der Waals surface area contributed by atoms with Crippen molar-refractivity contribution in [2.24, 2.45) is 5.92 Å². The number of aromatic carboxylic acids is 1. The van der Waals surface area contributed by atoms with Crippen LogP contribution in [0.2, 0.25) is 0 Å². The zero-order valence-corrected chi connectivity index (χ0v) is 9.71. The highest BCUT2D eigenvalue weighted by molar-refractivity contribution is 6.01. The first-order chi connectivity index (χ1) is 8.41. The quantitative estimate of drug-likeness (QED) is 0.734. The fourth-order valence-corrected chi connectivity index (χ4v) is 1.35. The first-order valence-corrected chi connectivity index (χ1v) is 5.26. The number of aliphatic carboxylic acids is 1. The van der Waals surface area contributed by atoms with Crippen molar-refractivity contribution in [1.29, 1.82) is 0 Å². The van der Waals surface area contributed by atoms with Crippen molar-refractivity contribution in [2.45, 2.75) is 13.3 Å². The highest BCUT2D eigenvalue weighted by Crippen LogP contribution is 2.16. The van der Waals surface area contributed by atoms with Crippen LogP contribution in [0.4, 0.5) is 5.69 Å². The predicted molar refractivity (Wildman–Crippen MR) is 63.4 cm³/mol. The maximum Gasteiger partial charge on any atom is 0.337 e. The maximum absolute atomic E-state index is 11.5. The van der Waals surface area contributed by atoms with Gasteiger partial charge in [0, 0.05) is 6.42 Å². The number of benzene rings is 1. The van der Waals surface area contributed by atoms with Gasteiger partial charge >= 0.3 is 11.9 Å². The molecule has 0 aliphatic rings. The third-order valence-corrected chi connectivity index (χ3v) is 2.34. The van der Waals surface area contributed by atoms with Gasteiger partial charge in [-0.25, -0.2) is 4.79 Å². The fraction of sp³-hybridized carbons (Fsp3) is 0.250. The number of amides is 1. The van der Waals surface area contributed by atoms with Crippen molar-refractivity contribution in [3.05, 3.63) is 29.8 Å². The number of anilines is 1. The summed E-state index contributed by atoms with van der Waals surface area (Å²) in [4.78, 5) is 33.0. The monoisotopic (exact) mass is 251 g/mol. The van der Waals surface area contributed by atoms with Crippen molar-refractivity contribution in [3.8, 4) is 0 Å². The molecule has 0 saturated carbocycles. The van der Waals surface area contributed by atoms with Crippen LogP contribution >= 0.6 is 0 Å². The molecule has 1 amide bonds. The lowest BCUT2D eigenvalue weighted by Crippen LogP contribution is -2.21. The Labute approximate surface area is 103 Å². The number of para-hydroxylation sites is 1. The molecule has 1 aromatic rings. The molecule has 3 N–H and O–H groups in total. The lowest BCUT2D eigenvalue weighted by molar-refractivity contribution is -0.142. The van der Waals surface area contributed by atoms with Gasteiger partial charge in [-0.1, -0.05) is 19.1 Å². The summed E-state index contributed by atoms with van der Waals surface area (Å²) in [6.07, 6.45) is -0.205. The van der Waals surface area contributed by atoms with Gasteiger partial charge in [-0.15, -0.1) is 0 Å². The molecule has 0 heterocycles. The molecule has 0 saturated heterocycles. The molecular formula is C12H13NO5. The van der Waals surface area contributed by atoms with Gasteiger partial charge in [0.2, 0.25) is 5.91 Å². The molecule has 1 aromatic carbocycles. The minimum Gasteiger partial charge on any atom is -0.481 e. The number of carbonyl (C=O) groups is 3. The smallest absolute Gasteiger partial charge is 0.337 e. The normalized spacial score (nSPS) is 11.6. The molecule has 0 fully saturated rings. The number of hydrogen-bond donors (Lipinski definition) is 3. The van der Waals surface area contributed by atoms with E-state index in [-0.39, 0.29) is 17.7 Å². The summed E-state index contributed by atoms with van der Waals surface area (Å²) in [5, 5.41) is 20.0. The topological polar surface area (TPSA) is 104 Å². The first kappa shape index (κ1) is 13.7. The third-order valence-electron chi connectivity index (χ3n) is 2.34. The van der Waals surface area contributed by atoms with E-state index in [0.717, 1.165) is 0 Å². The van der Waals surface area contributed by atoms with E-state index < -0.39 is 23.8 Å². The standard InChI is InChI=1S/C12H13NO5/c1-7(11(15)16)6-10(14)13-9-5-3-2-4-8(9)12(17)18/h2-5,7H,6H2,1H3,(H,13,14)(H,15,16)(H,17,18)/t7-/m0/s1. The van der Waals surface area contributed by atoms with Gasteiger partial charge in [0.05, 0.1) is 17.2 Å². The van der Waals surface area contributed by atoms with E-state index in [1.807, 2.05) is 0 Å². The number of nitrogens with one attached hydrogen (secondary N) is 1. The second kappa shape index (κ2) is 5.81. The van der Waals surface area contributed by atoms with Gasteiger partial charge in [0.15, 0.2) is 0 Å². The van der Waals surface area contributed by atoms with Crippen LogP contribution in [0.3, 0.4) is 0 Å². The number of carbonyl (C=O) groups excluding carboxylic acids is 1. The van der Waals surface area contributed by atoms with Crippen LogP contribution in [0.5, 0.6) is 0 Å². The van der Waals surface area contributed by atoms with E-state index in [0.29, 0.717) is 0 Å². The SMILES string of the molecule is C[C@@H](CC(=O)Nc1ccccc1C(=O)O)C(=O)O. The predicted octanol–water partition coefficient (Wildman–Crippen LogP) is 1.43. The Morgan fingerprint density at radius 1 is 1.22 bits per heavy atom. The average molecular weight is 251 g/mol. The molecule has 96 valence electrons. The van der Waals surface area contributed by atoms with Crippen LogP contribution < -0.4 is 5.32 Å². The van der Waals surface area contributed by atoms with Crippen LogP contribution in [-0.4, -0.2) is 28.1 Å². The number of carboxylic acid groups (broad SMARTS) is 2. The van der Waals surface area contributed by atoms with Crippen molar-refractivity contribution in [1.82, 2.24) is 0 Å². The first-order valence-electron chi connectivity index (χ1n) is 5.26. The lowest BCUT2D eigenvalue weighted by atomic mass is 10.1. The minimum atomic E-state index is -1.16. The summed E-state index contributed by atoms with van der Waals surface area (Å²) in [5.41, 5.74) is 0.126. The Kier molecular flexibility index (Phi) is 4.42. The molecule has 0 bridgehead atoms. The molecule has 0 aromatic heterocycles. The Hall–Kier alpha value is -2.37. The summed E-state index contributed by atoms with van der Waals surface area (Å²) >= 11 is 0. The Bertz CT molecular complexity index is 483. The summed E-state index contributed by atoms with van der Waals surface area (Å²) in [7, 11) is 0. The van der Waals surface area contributed by atoms with E-state index in [2.05, 4.69) is 5.32 Å². The highest BCUT2D eigenvalue weighted by atomic mass is 16.4. The van der Waals surface area contributed by atoms with E-state index in [1.165, 1.54) is 19.1 Å². The zero-order valence-electron chi connectivity index (χ0n) is 9.71. The molecule has 18 heavy (non-hydrogen) atoms. The molecule has 0 spiro atoms. The molecule has 1 rings (SSSR count). The molecule has 0 aliphatic carbocycles. The van der Waals surface area contributed by atoms with Gasteiger partial charge in [-0.05, 0) is 12.1 Å². The summed E-state index contributed by atoms with van der Waals surface area (Å²) in [6, 6.07) is 5.94. The van der Waals surface area contributed by atoms with E-state index >= 15 is 0 Å². The molecule has 0 aliphatic heterocycles. The van der Waals surface area contributed by atoms with Crippen LogP contribution in [0.25, 0.3) is 0 Å². The van der Waals surface area contributed by atoms with Crippen LogP contribution in [0, 0.1) is 5.92 Å². The number of carboxylic acids is 2. The van der Waals surface area contributed by atoms with Crippen molar-refractivity contribution >= 4 is 23.5 Å². The second-order valence-corrected chi connectivity index (χ2v) is 3.84. The minimum absolute atomic E-state index is 0.0335. The molecule has 6 nitrogen and oxygen atoms in total. The van der Waals surface area contributed by atoms with Gasteiger partial charge in [0.1, 0.15) is 0 Å². The Morgan fingerprint density at radius 3 is 2.39 bits per heavy atom. The number of rotatable bonds is 5. The second-order valence-electron chi connectivity index (χ2n) is 3.84. The third kappa shape index (κ3) is 3.58. The molecule has 0 unspecified atom stereocenters. The lowest BCUT2D eigenvalue weighted by Gasteiger charge is -2.09. The Morgan fingerprint density at radius 2 is 1.83 bits per heavy atom. The zero-order chi connectivity index (χ0) is 13.7. The van der Waals surface area contributed by atoms with Crippen molar-refractivity contribution < 1.29 is 24.6 Å². The van der Waals surface area contributed by atoms with E-state index in [4.69, 9.17) is 10.2 Å². The fourth-order valence-electron chi connectivity index (χ4n) is 1.35. The molecule has 0 radical (unpaired) electrons. The molecule has 1 atom stereocenters. The van der Waals surface area contributed by atoms with Crippen molar-refractivity contribution in [3.63, 3.8) is 0 Å². The van der Waals surface area contributed by atoms with E-state index in [9.17, 15) is 14.4 Å². The molecular weight excluding hydrogens is 238 g/mol. The van der Waals surface area contributed by atoms with Gasteiger partial charge in [-0.3, -0.25) is 9.59 Å². The van der Waals surface area contributed by atoms with Gasteiger partial charge < -0.3 is 15.5 Å². The summed E-state index contributed by atoms with van der Waals surface area (Å²) in [6.45, 7) is 1.41. The van der Waals surface area contributed by atoms with E-state index in [1.54, 1.807) is 12.1 Å². The largest absolute Gasteiger partial charge is 0.481 e. The highest BCUT2D eigenvalue weighted by Gasteiger charge is 2.17. The number of hydrogen-bond acceptors (Lipinski definition) is 3. The van der Waals surface area contributed by atoms with Gasteiger partial charge in [0.25, 0.3) is 0 Å². The van der Waals surface area contributed by atoms with Gasteiger partial charge in [-0.2, -0.15) is 0 Å². The van der Waals surface area contributed by atoms with Crippen LogP contribution in [0.15, 0.2) is 24.3 Å². The Balaban J connectivity index is 2.76. The van der Waals surface area contributed by atoms with Crippen LogP contribution in [-0.2, 0) is 9.59 Å². The summed E-state index contributed by atoms with van der Waals surface area (Å²) < 4.78 is 0.